The molecule has 1 N–H and O–H groups in total. The summed E-state index contributed by atoms with van der Waals surface area (Å²) in [5, 5.41) is 13.5. The van der Waals surface area contributed by atoms with E-state index in [0.717, 1.165) is 5.56 Å². The summed E-state index contributed by atoms with van der Waals surface area (Å²) >= 11 is 0. The van der Waals surface area contributed by atoms with E-state index in [9.17, 15) is 9.90 Å². The molecule has 3 rings (SSSR count). The Morgan fingerprint density at radius 2 is 1.31 bits per heavy atom. The highest BCUT2D eigenvalue weighted by molar-refractivity contribution is 7.80. The first-order chi connectivity index (χ1) is 13.9. The van der Waals surface area contributed by atoms with Gasteiger partial charge in [-0.15, -0.1) is 0 Å². The molecular formula is C26H27O2P. The van der Waals surface area contributed by atoms with Crippen LogP contribution < -0.4 is 15.9 Å². The van der Waals surface area contributed by atoms with Crippen LogP contribution in [0.2, 0.25) is 0 Å². The molecule has 0 aromatic heterocycles. The van der Waals surface area contributed by atoms with Gasteiger partial charge in [0.05, 0.1) is 5.92 Å². The lowest BCUT2D eigenvalue weighted by Gasteiger charge is -2.25. The summed E-state index contributed by atoms with van der Waals surface area (Å²) in [6, 6.07) is 29.4. The number of aliphatic carboxylic acids is 1. The van der Waals surface area contributed by atoms with Crippen LogP contribution in [-0.2, 0) is 4.79 Å². The molecule has 0 radical (unpaired) electrons. The molecule has 0 aliphatic heterocycles. The molecule has 2 nitrogen and oxygen atoms in total. The van der Waals surface area contributed by atoms with Crippen LogP contribution in [0, 0.1) is 11.3 Å². The predicted molar refractivity (Wildman–Crippen MR) is 125 cm³/mol. The van der Waals surface area contributed by atoms with Gasteiger partial charge in [0.15, 0.2) is 0 Å². The summed E-state index contributed by atoms with van der Waals surface area (Å²) < 4.78 is 0. The summed E-state index contributed by atoms with van der Waals surface area (Å²) in [6.07, 6.45) is 3.82. The van der Waals surface area contributed by atoms with Crippen LogP contribution in [0.5, 0.6) is 0 Å². The van der Waals surface area contributed by atoms with Crippen LogP contribution in [-0.4, -0.2) is 11.1 Å². The van der Waals surface area contributed by atoms with Gasteiger partial charge in [0, 0.05) is 0 Å². The van der Waals surface area contributed by atoms with Gasteiger partial charge in [-0.05, 0) is 34.8 Å². The van der Waals surface area contributed by atoms with Crippen molar-refractivity contribution in [2.45, 2.75) is 20.8 Å². The van der Waals surface area contributed by atoms with Gasteiger partial charge in [0.1, 0.15) is 0 Å². The van der Waals surface area contributed by atoms with Gasteiger partial charge in [-0.2, -0.15) is 0 Å². The molecule has 3 aromatic carbocycles. The maximum atomic E-state index is 11.8. The van der Waals surface area contributed by atoms with Crippen molar-refractivity contribution >= 4 is 35.9 Å². The smallest absolute Gasteiger partial charge is 0.310 e. The van der Waals surface area contributed by atoms with E-state index in [4.69, 9.17) is 0 Å². The van der Waals surface area contributed by atoms with E-state index in [-0.39, 0.29) is 5.41 Å². The van der Waals surface area contributed by atoms with Gasteiger partial charge in [0.2, 0.25) is 0 Å². The van der Waals surface area contributed by atoms with Crippen molar-refractivity contribution in [1.29, 1.82) is 0 Å². The lowest BCUT2D eigenvalue weighted by molar-refractivity contribution is -0.143. The second-order valence-corrected chi connectivity index (χ2v) is 10.3. The molecule has 0 fully saturated rings. The van der Waals surface area contributed by atoms with Crippen LogP contribution in [0.1, 0.15) is 26.3 Å². The second kappa shape index (κ2) is 9.20. The Morgan fingerprint density at radius 1 is 0.828 bits per heavy atom. The molecule has 3 aromatic rings. The van der Waals surface area contributed by atoms with E-state index < -0.39 is 19.8 Å². The maximum Gasteiger partial charge on any atom is 0.310 e. The summed E-state index contributed by atoms with van der Waals surface area (Å²) in [5.74, 6) is -1.34. The molecule has 0 spiro atoms. The van der Waals surface area contributed by atoms with Gasteiger partial charge >= 0.3 is 5.97 Å². The van der Waals surface area contributed by atoms with Crippen LogP contribution in [0.3, 0.4) is 0 Å². The van der Waals surface area contributed by atoms with Gasteiger partial charge < -0.3 is 5.11 Å². The normalized spacial score (nSPS) is 13.0. The molecule has 0 saturated carbocycles. The Kier molecular flexibility index (Phi) is 6.67. The Balaban J connectivity index is 2.10. The number of carbonyl (C=O) groups is 1. The quantitative estimate of drug-likeness (QED) is 0.575. The average Bonchev–Trinajstić information content (AvgIpc) is 2.70. The van der Waals surface area contributed by atoms with Crippen LogP contribution in [0.4, 0.5) is 0 Å². The van der Waals surface area contributed by atoms with Crippen LogP contribution >= 0.6 is 7.92 Å². The minimum Gasteiger partial charge on any atom is -0.481 e. The fourth-order valence-corrected chi connectivity index (χ4v) is 5.79. The van der Waals surface area contributed by atoms with Gasteiger partial charge in [-0.3, -0.25) is 4.79 Å². The third-order valence-electron chi connectivity index (χ3n) is 4.87. The molecule has 3 heteroatoms. The standard InChI is InChI=1S/C26H27O2P/c1-26(2,3)23(25(27)28)19-18-20-12-10-11-17-24(20)29(21-13-6-4-7-14-21)22-15-8-5-9-16-22/h4-19,23H,1-3H3,(H,27,28)/b19-18+/t23-/m1/s1. The predicted octanol–water partition coefficient (Wildman–Crippen LogP) is 5.20. The van der Waals surface area contributed by atoms with Crippen LogP contribution in [0.15, 0.2) is 91.0 Å². The highest BCUT2D eigenvalue weighted by Gasteiger charge is 2.28. The third-order valence-corrected chi connectivity index (χ3v) is 7.39. The van der Waals surface area contributed by atoms with Crippen molar-refractivity contribution in [2.75, 3.05) is 0 Å². The molecule has 0 unspecified atom stereocenters. The van der Waals surface area contributed by atoms with Crippen LogP contribution in [0.25, 0.3) is 6.08 Å². The van der Waals surface area contributed by atoms with Crippen molar-refractivity contribution < 1.29 is 9.90 Å². The highest BCUT2D eigenvalue weighted by Crippen LogP contribution is 2.35. The molecule has 0 aliphatic rings. The molecule has 0 saturated heterocycles. The lowest BCUT2D eigenvalue weighted by atomic mass is 9.80. The highest BCUT2D eigenvalue weighted by atomic mass is 31.1. The number of hydrogen-bond acceptors (Lipinski definition) is 1. The number of carboxylic acids is 1. The second-order valence-electron chi connectivity index (χ2n) is 8.11. The molecule has 29 heavy (non-hydrogen) atoms. The zero-order valence-electron chi connectivity index (χ0n) is 17.1. The Labute approximate surface area is 174 Å². The van der Waals surface area contributed by atoms with E-state index in [2.05, 4.69) is 66.7 Å². The minimum atomic E-state index is -0.792. The summed E-state index contributed by atoms with van der Waals surface area (Å²) in [6.45, 7) is 5.88. The zero-order valence-corrected chi connectivity index (χ0v) is 18.0. The van der Waals surface area contributed by atoms with E-state index in [1.54, 1.807) is 0 Å². The zero-order chi connectivity index (χ0) is 20.9. The van der Waals surface area contributed by atoms with Crippen molar-refractivity contribution in [3.8, 4) is 0 Å². The van der Waals surface area contributed by atoms with E-state index >= 15 is 0 Å². The largest absolute Gasteiger partial charge is 0.481 e. The molecule has 148 valence electrons. The molecule has 0 bridgehead atoms. The number of benzene rings is 3. The van der Waals surface area contributed by atoms with E-state index in [1.807, 2.05) is 51.1 Å². The first-order valence-corrected chi connectivity index (χ1v) is 11.1. The van der Waals surface area contributed by atoms with Gasteiger partial charge in [-0.25, -0.2) is 0 Å². The summed E-state index contributed by atoms with van der Waals surface area (Å²) in [7, 11) is -0.740. The van der Waals surface area contributed by atoms with Gasteiger partial charge in [0.25, 0.3) is 0 Å². The topological polar surface area (TPSA) is 37.3 Å². The first kappa shape index (κ1) is 21.0. The van der Waals surface area contributed by atoms with Crippen molar-refractivity contribution in [1.82, 2.24) is 0 Å². The monoisotopic (exact) mass is 402 g/mol. The average molecular weight is 402 g/mol. The van der Waals surface area contributed by atoms with E-state index in [1.165, 1.54) is 15.9 Å². The minimum absolute atomic E-state index is 0.346. The number of rotatable bonds is 6. The summed E-state index contributed by atoms with van der Waals surface area (Å²) in [4.78, 5) is 11.8. The molecule has 1 atom stereocenters. The lowest BCUT2D eigenvalue weighted by Crippen LogP contribution is -2.26. The SMILES string of the molecule is CC(C)(C)[C@H](/C=C/c1ccccc1P(c1ccccc1)c1ccccc1)C(=O)O. The molecule has 0 amide bonds. The fraction of sp³-hybridized carbons (Fsp3) is 0.192. The summed E-state index contributed by atoms with van der Waals surface area (Å²) in [5.41, 5.74) is 0.725. The fourth-order valence-electron chi connectivity index (χ4n) is 3.35. The third kappa shape index (κ3) is 5.22. The molecule has 0 heterocycles. The molecular weight excluding hydrogens is 375 g/mol. The Bertz CT molecular complexity index is 933. The first-order valence-electron chi connectivity index (χ1n) is 9.78. The van der Waals surface area contributed by atoms with Crippen molar-refractivity contribution in [3.05, 3.63) is 96.6 Å². The number of hydrogen-bond donors (Lipinski definition) is 1. The van der Waals surface area contributed by atoms with Gasteiger partial charge in [-0.1, -0.05) is 118 Å². The maximum absolute atomic E-state index is 11.8. The van der Waals surface area contributed by atoms with Crippen molar-refractivity contribution in [3.63, 3.8) is 0 Å². The number of carboxylic acid groups (broad SMARTS) is 1. The Morgan fingerprint density at radius 3 is 1.79 bits per heavy atom. The Hall–Kier alpha value is -2.70. The van der Waals surface area contributed by atoms with Crippen molar-refractivity contribution in [2.24, 2.45) is 11.3 Å². The molecule has 0 aliphatic carbocycles. The van der Waals surface area contributed by atoms with E-state index in [0.29, 0.717) is 0 Å².